The average molecular weight is 382 g/mol. The van der Waals surface area contributed by atoms with Gasteiger partial charge in [-0.3, -0.25) is 9.59 Å². The summed E-state index contributed by atoms with van der Waals surface area (Å²) in [5.74, 6) is -2.05. The van der Waals surface area contributed by atoms with Gasteiger partial charge in [-0.2, -0.15) is 0 Å². The van der Waals surface area contributed by atoms with Crippen molar-refractivity contribution >= 4 is 17.8 Å². The van der Waals surface area contributed by atoms with Crippen molar-refractivity contribution in [2.45, 2.75) is 39.3 Å². The molecule has 0 radical (unpaired) electrons. The van der Waals surface area contributed by atoms with Gasteiger partial charge in [0.2, 0.25) is 5.91 Å². The van der Waals surface area contributed by atoms with Gasteiger partial charge in [0.1, 0.15) is 6.04 Å². The van der Waals surface area contributed by atoms with Gasteiger partial charge < -0.3 is 15.7 Å². The summed E-state index contributed by atoms with van der Waals surface area (Å²) in [7, 11) is 0. The van der Waals surface area contributed by atoms with Crippen LogP contribution in [0.4, 0.5) is 0 Å². The van der Waals surface area contributed by atoms with Gasteiger partial charge in [-0.1, -0.05) is 61.9 Å². The highest BCUT2D eigenvalue weighted by atomic mass is 16.4. The van der Waals surface area contributed by atoms with Crippen LogP contribution in [0.3, 0.4) is 0 Å². The molecule has 2 aromatic rings. The van der Waals surface area contributed by atoms with Gasteiger partial charge >= 0.3 is 5.97 Å². The molecular weight excluding hydrogens is 356 g/mol. The van der Waals surface area contributed by atoms with Gasteiger partial charge in [0.05, 0.1) is 12.5 Å². The molecule has 0 fully saturated rings. The lowest BCUT2D eigenvalue weighted by atomic mass is 10.0. The molecule has 0 bridgehead atoms. The Balaban J connectivity index is 2.16. The number of aryl methyl sites for hydroxylation is 1. The van der Waals surface area contributed by atoms with E-state index in [-0.39, 0.29) is 18.2 Å². The molecule has 148 valence electrons. The highest BCUT2D eigenvalue weighted by Gasteiger charge is 2.26. The highest BCUT2D eigenvalue weighted by molar-refractivity contribution is 5.95. The van der Waals surface area contributed by atoms with Crippen molar-refractivity contribution in [3.8, 4) is 0 Å². The number of amides is 2. The van der Waals surface area contributed by atoms with Crippen LogP contribution in [0.25, 0.3) is 0 Å². The van der Waals surface area contributed by atoms with E-state index < -0.39 is 24.0 Å². The average Bonchev–Trinajstić information content (AvgIpc) is 2.66. The molecule has 3 N–H and O–H groups in total. The standard InChI is InChI=1S/C22H26N2O4/c1-14(2)20(22(27)28)24-19(25)13-18(16-7-5-4-6-8-16)23-21(26)17-11-9-15(3)10-12-17/h4-12,14,18,20H,13H2,1-3H3,(H,23,26)(H,24,25)(H,27,28)/t18?,20-/m0/s1. The molecule has 0 saturated heterocycles. The van der Waals surface area contributed by atoms with E-state index in [1.165, 1.54) is 0 Å². The Morgan fingerprint density at radius 3 is 2.07 bits per heavy atom. The minimum atomic E-state index is -1.08. The van der Waals surface area contributed by atoms with Gasteiger partial charge in [-0.05, 0) is 30.5 Å². The molecule has 0 aliphatic rings. The fraction of sp³-hybridized carbons (Fsp3) is 0.318. The second-order valence-corrected chi connectivity index (χ2v) is 7.13. The smallest absolute Gasteiger partial charge is 0.326 e. The maximum absolute atomic E-state index is 12.6. The van der Waals surface area contributed by atoms with Crippen molar-refractivity contribution in [2.24, 2.45) is 5.92 Å². The molecule has 0 spiro atoms. The number of hydrogen-bond acceptors (Lipinski definition) is 3. The van der Waals surface area contributed by atoms with Crippen LogP contribution in [-0.4, -0.2) is 28.9 Å². The molecule has 2 aromatic carbocycles. The van der Waals surface area contributed by atoms with Crippen molar-refractivity contribution in [3.63, 3.8) is 0 Å². The first-order valence-electron chi connectivity index (χ1n) is 9.22. The highest BCUT2D eigenvalue weighted by Crippen LogP contribution is 2.18. The maximum Gasteiger partial charge on any atom is 0.326 e. The second kappa shape index (κ2) is 9.69. The van der Waals surface area contributed by atoms with Crippen LogP contribution in [-0.2, 0) is 9.59 Å². The molecule has 1 unspecified atom stereocenters. The third-order valence-electron chi connectivity index (χ3n) is 4.46. The van der Waals surface area contributed by atoms with Gasteiger partial charge in [0.15, 0.2) is 0 Å². The third-order valence-corrected chi connectivity index (χ3v) is 4.46. The second-order valence-electron chi connectivity index (χ2n) is 7.13. The van der Waals surface area contributed by atoms with Crippen molar-refractivity contribution in [1.29, 1.82) is 0 Å². The van der Waals surface area contributed by atoms with Crippen LogP contribution in [0.2, 0.25) is 0 Å². The number of benzene rings is 2. The predicted molar refractivity (Wildman–Crippen MR) is 107 cm³/mol. The van der Waals surface area contributed by atoms with E-state index in [0.717, 1.165) is 11.1 Å². The largest absolute Gasteiger partial charge is 0.480 e. The van der Waals surface area contributed by atoms with Crippen molar-refractivity contribution in [2.75, 3.05) is 0 Å². The maximum atomic E-state index is 12.6. The Labute approximate surface area is 165 Å². The number of rotatable bonds is 8. The van der Waals surface area contributed by atoms with Crippen LogP contribution >= 0.6 is 0 Å². The van der Waals surface area contributed by atoms with Crippen molar-refractivity contribution in [1.82, 2.24) is 10.6 Å². The summed E-state index contributed by atoms with van der Waals surface area (Å²) in [6.45, 7) is 5.40. The number of carbonyl (C=O) groups excluding carboxylic acids is 2. The number of carboxylic acid groups (broad SMARTS) is 1. The minimum Gasteiger partial charge on any atom is -0.480 e. The van der Waals surface area contributed by atoms with E-state index in [0.29, 0.717) is 5.56 Å². The Morgan fingerprint density at radius 2 is 1.54 bits per heavy atom. The molecule has 6 nitrogen and oxygen atoms in total. The first-order valence-corrected chi connectivity index (χ1v) is 9.22. The first kappa shape index (κ1) is 21.2. The summed E-state index contributed by atoms with van der Waals surface area (Å²) in [6, 6.07) is 14.7. The quantitative estimate of drug-likeness (QED) is 0.654. The minimum absolute atomic E-state index is 0.0574. The number of hydrogen-bond donors (Lipinski definition) is 3. The Kier molecular flexibility index (Phi) is 7.32. The molecule has 2 atom stereocenters. The molecule has 0 saturated carbocycles. The number of carboxylic acids is 1. The topological polar surface area (TPSA) is 95.5 Å². The van der Waals surface area contributed by atoms with E-state index in [1.54, 1.807) is 26.0 Å². The third kappa shape index (κ3) is 5.94. The lowest BCUT2D eigenvalue weighted by Gasteiger charge is -2.22. The van der Waals surface area contributed by atoms with Gasteiger partial charge in [-0.15, -0.1) is 0 Å². The SMILES string of the molecule is Cc1ccc(C(=O)NC(CC(=O)N[C@H](C(=O)O)C(C)C)c2ccccc2)cc1. The van der Waals surface area contributed by atoms with Crippen molar-refractivity contribution < 1.29 is 19.5 Å². The molecule has 28 heavy (non-hydrogen) atoms. The van der Waals surface area contributed by atoms with Crippen LogP contribution in [0.1, 0.15) is 47.8 Å². The van der Waals surface area contributed by atoms with Gasteiger partial charge in [0, 0.05) is 5.56 Å². The van der Waals surface area contributed by atoms with Gasteiger partial charge in [-0.25, -0.2) is 4.79 Å². The van der Waals surface area contributed by atoms with Crippen LogP contribution < -0.4 is 10.6 Å². The fourth-order valence-electron chi connectivity index (χ4n) is 2.82. The number of carbonyl (C=O) groups is 3. The molecule has 6 heteroatoms. The van der Waals surface area contributed by atoms with Crippen molar-refractivity contribution in [3.05, 3.63) is 71.3 Å². The molecule has 0 aromatic heterocycles. The van der Waals surface area contributed by atoms with Gasteiger partial charge in [0.25, 0.3) is 5.91 Å². The fourth-order valence-corrected chi connectivity index (χ4v) is 2.82. The summed E-state index contributed by atoms with van der Waals surface area (Å²) < 4.78 is 0. The molecule has 2 amide bonds. The van der Waals surface area contributed by atoms with Crippen LogP contribution in [0.5, 0.6) is 0 Å². The van der Waals surface area contributed by atoms with E-state index >= 15 is 0 Å². The monoisotopic (exact) mass is 382 g/mol. The Hall–Kier alpha value is -3.15. The lowest BCUT2D eigenvalue weighted by molar-refractivity contribution is -0.143. The summed E-state index contributed by atoms with van der Waals surface area (Å²) in [4.78, 5) is 36.4. The zero-order valence-electron chi connectivity index (χ0n) is 16.3. The summed E-state index contributed by atoms with van der Waals surface area (Å²) in [5.41, 5.74) is 2.32. The number of aliphatic carboxylic acids is 1. The number of nitrogens with one attached hydrogen (secondary N) is 2. The van der Waals surface area contributed by atoms with E-state index in [2.05, 4.69) is 10.6 Å². The van der Waals surface area contributed by atoms with E-state index in [1.807, 2.05) is 49.4 Å². The summed E-state index contributed by atoms with van der Waals surface area (Å²) in [6.07, 6.45) is -0.0574. The molecule has 2 rings (SSSR count). The Morgan fingerprint density at radius 1 is 0.929 bits per heavy atom. The first-order chi connectivity index (χ1) is 13.3. The summed E-state index contributed by atoms with van der Waals surface area (Å²) >= 11 is 0. The molecule has 0 heterocycles. The molecular formula is C22H26N2O4. The zero-order valence-corrected chi connectivity index (χ0v) is 16.3. The molecule has 0 aliphatic heterocycles. The predicted octanol–water partition coefficient (Wildman–Crippen LogP) is 3.08. The Bertz CT molecular complexity index is 816. The summed E-state index contributed by atoms with van der Waals surface area (Å²) in [5, 5.41) is 14.7. The van der Waals surface area contributed by atoms with E-state index in [9.17, 15) is 19.5 Å². The molecule has 0 aliphatic carbocycles. The van der Waals surface area contributed by atoms with Crippen LogP contribution in [0, 0.1) is 12.8 Å². The normalized spacial score (nSPS) is 12.9. The lowest BCUT2D eigenvalue weighted by Crippen LogP contribution is -2.45. The van der Waals surface area contributed by atoms with E-state index in [4.69, 9.17) is 0 Å². The van der Waals surface area contributed by atoms with Crippen LogP contribution in [0.15, 0.2) is 54.6 Å². The zero-order chi connectivity index (χ0) is 20.7.